The van der Waals surface area contributed by atoms with Crippen molar-refractivity contribution in [3.63, 3.8) is 0 Å². The zero-order valence-electron chi connectivity index (χ0n) is 5.62. The van der Waals surface area contributed by atoms with E-state index in [4.69, 9.17) is 0 Å². The topological polar surface area (TPSA) is 0 Å². The summed E-state index contributed by atoms with van der Waals surface area (Å²) in [7, 11) is 2.11. The molecule has 0 N–H and O–H groups in total. The van der Waals surface area contributed by atoms with Gasteiger partial charge in [0.25, 0.3) is 0 Å². The van der Waals surface area contributed by atoms with Gasteiger partial charge >= 0.3 is 0 Å². The second-order valence-corrected chi connectivity index (χ2v) is 4.22. The van der Waals surface area contributed by atoms with Crippen molar-refractivity contribution in [3.8, 4) is 0 Å². The lowest BCUT2D eigenvalue weighted by molar-refractivity contribution is 0.571. The van der Waals surface area contributed by atoms with Gasteiger partial charge in [-0.15, -0.1) is 0 Å². The molecule has 0 rings (SSSR count). The summed E-state index contributed by atoms with van der Waals surface area (Å²) >= 11 is 0. The van der Waals surface area contributed by atoms with Crippen LogP contribution in [0.1, 0.15) is 33.6 Å². The molecule has 0 heterocycles. The van der Waals surface area contributed by atoms with Gasteiger partial charge in [-0.3, -0.25) is 0 Å². The lowest BCUT2D eigenvalue weighted by atomic mass is 10.1. The average Bonchev–Trinajstić information content (AvgIpc) is 1.68. The van der Waals surface area contributed by atoms with Crippen molar-refractivity contribution in [3.05, 3.63) is 0 Å². The summed E-state index contributed by atoms with van der Waals surface area (Å²) in [6.45, 7) is 6.80. The normalized spacial score (nSPS) is 12.0. The molecular formula is C6H15Si. The maximum Gasteiger partial charge on any atom is 0.0159 e. The molecule has 7 heavy (non-hydrogen) atoms. The van der Waals surface area contributed by atoms with Crippen molar-refractivity contribution in [2.45, 2.75) is 38.7 Å². The van der Waals surface area contributed by atoms with Crippen LogP contribution in [0.2, 0.25) is 5.04 Å². The molecule has 0 saturated carbocycles. The second-order valence-electron chi connectivity index (χ2n) is 2.52. The SMILES string of the molecule is CCC(C)([SiH2])CC. The van der Waals surface area contributed by atoms with Crippen LogP contribution < -0.4 is 0 Å². The summed E-state index contributed by atoms with van der Waals surface area (Å²) < 4.78 is 0. The van der Waals surface area contributed by atoms with E-state index in [0.717, 1.165) is 0 Å². The van der Waals surface area contributed by atoms with Crippen molar-refractivity contribution in [1.29, 1.82) is 0 Å². The average molecular weight is 115 g/mol. The lowest BCUT2D eigenvalue weighted by Gasteiger charge is -2.18. The Morgan fingerprint density at radius 2 is 1.57 bits per heavy atom. The van der Waals surface area contributed by atoms with Crippen LogP contribution in [0.25, 0.3) is 0 Å². The highest BCUT2D eigenvalue weighted by atomic mass is 28.1. The minimum absolute atomic E-state index is 0.611. The van der Waals surface area contributed by atoms with Gasteiger partial charge in [-0.25, -0.2) is 0 Å². The van der Waals surface area contributed by atoms with Crippen LogP contribution in [0.15, 0.2) is 0 Å². The first-order valence-electron chi connectivity index (χ1n) is 2.97. The van der Waals surface area contributed by atoms with Crippen LogP contribution >= 0.6 is 0 Å². The second kappa shape index (κ2) is 2.51. The van der Waals surface area contributed by atoms with Gasteiger partial charge in [-0.05, 0) is 5.04 Å². The highest BCUT2D eigenvalue weighted by Crippen LogP contribution is 2.27. The maximum atomic E-state index is 2.31. The minimum Gasteiger partial charge on any atom is -0.0652 e. The van der Waals surface area contributed by atoms with Gasteiger partial charge in [0.15, 0.2) is 0 Å². The molecule has 1 heteroatoms. The van der Waals surface area contributed by atoms with Crippen LogP contribution in [0.5, 0.6) is 0 Å². The largest absolute Gasteiger partial charge is 0.0652 e. The monoisotopic (exact) mass is 115 g/mol. The van der Waals surface area contributed by atoms with Gasteiger partial charge in [0, 0.05) is 10.2 Å². The molecule has 1 radical (unpaired) electrons. The van der Waals surface area contributed by atoms with E-state index in [-0.39, 0.29) is 0 Å². The summed E-state index contributed by atoms with van der Waals surface area (Å²) in [6.07, 6.45) is 2.61. The lowest BCUT2D eigenvalue weighted by Crippen LogP contribution is -2.02. The third-order valence-electron chi connectivity index (χ3n) is 1.71. The summed E-state index contributed by atoms with van der Waals surface area (Å²) in [5.74, 6) is 0. The molecule has 0 atom stereocenters. The van der Waals surface area contributed by atoms with Gasteiger partial charge in [0.2, 0.25) is 0 Å². The van der Waals surface area contributed by atoms with E-state index in [1.54, 1.807) is 0 Å². The molecule has 0 aliphatic heterocycles. The van der Waals surface area contributed by atoms with Gasteiger partial charge in [0.1, 0.15) is 0 Å². The fourth-order valence-corrected chi connectivity index (χ4v) is 0.250. The van der Waals surface area contributed by atoms with Gasteiger partial charge < -0.3 is 0 Å². The van der Waals surface area contributed by atoms with Gasteiger partial charge in [-0.2, -0.15) is 0 Å². The number of hydrogen-bond donors (Lipinski definition) is 0. The predicted octanol–water partition coefficient (Wildman–Crippen LogP) is 1.62. The minimum atomic E-state index is 0.611. The molecule has 0 nitrogen and oxygen atoms in total. The Morgan fingerprint density at radius 1 is 1.29 bits per heavy atom. The smallest absolute Gasteiger partial charge is 0.0159 e. The Kier molecular flexibility index (Phi) is 2.58. The Labute approximate surface area is 49.7 Å². The van der Waals surface area contributed by atoms with E-state index in [9.17, 15) is 0 Å². The standard InChI is InChI=1S/C6H15Si/c1-4-6(3,7)5-2/h4-5,7H2,1-3H3. The van der Waals surface area contributed by atoms with E-state index >= 15 is 0 Å². The molecule has 0 aliphatic carbocycles. The molecule has 0 unspecified atom stereocenters. The van der Waals surface area contributed by atoms with E-state index in [1.807, 2.05) is 0 Å². The molecule has 0 spiro atoms. The molecule has 0 aromatic heterocycles. The predicted molar refractivity (Wildman–Crippen MR) is 37.5 cm³/mol. The van der Waals surface area contributed by atoms with E-state index < -0.39 is 0 Å². The Bertz CT molecular complexity index is 42.1. The quantitative estimate of drug-likeness (QED) is 0.480. The molecule has 0 aromatic rings. The Balaban J connectivity index is 3.36. The fourth-order valence-electron chi connectivity index (χ4n) is 0.250. The Morgan fingerprint density at radius 3 is 1.57 bits per heavy atom. The van der Waals surface area contributed by atoms with Crippen molar-refractivity contribution < 1.29 is 0 Å². The molecule has 0 aliphatic rings. The highest BCUT2D eigenvalue weighted by molar-refractivity contribution is 6.14. The molecular weight excluding hydrogens is 100 g/mol. The van der Waals surface area contributed by atoms with Crippen molar-refractivity contribution in [2.75, 3.05) is 0 Å². The molecule has 0 saturated heterocycles. The first-order chi connectivity index (χ1) is 3.12. The zero-order valence-corrected chi connectivity index (χ0v) is 7.04. The summed E-state index contributed by atoms with van der Waals surface area (Å²) in [6, 6.07) is 0. The van der Waals surface area contributed by atoms with E-state index in [0.29, 0.717) is 5.04 Å². The van der Waals surface area contributed by atoms with Crippen molar-refractivity contribution in [1.82, 2.24) is 0 Å². The third-order valence-corrected chi connectivity index (χ3v) is 2.71. The number of hydrogen-bond acceptors (Lipinski definition) is 0. The highest BCUT2D eigenvalue weighted by Gasteiger charge is 2.09. The zero-order chi connectivity index (χ0) is 5.91. The van der Waals surface area contributed by atoms with Gasteiger partial charge in [-0.1, -0.05) is 33.6 Å². The maximum absolute atomic E-state index is 2.31. The fraction of sp³-hybridized carbons (Fsp3) is 1.00. The molecule has 43 valence electrons. The van der Waals surface area contributed by atoms with Crippen LogP contribution in [-0.4, -0.2) is 10.2 Å². The van der Waals surface area contributed by atoms with Crippen LogP contribution in [0.3, 0.4) is 0 Å². The van der Waals surface area contributed by atoms with E-state index in [1.165, 1.54) is 12.8 Å². The van der Waals surface area contributed by atoms with Crippen molar-refractivity contribution >= 4 is 10.2 Å². The molecule has 0 bridgehead atoms. The van der Waals surface area contributed by atoms with Crippen molar-refractivity contribution in [2.24, 2.45) is 0 Å². The van der Waals surface area contributed by atoms with Crippen LogP contribution in [0.4, 0.5) is 0 Å². The van der Waals surface area contributed by atoms with Crippen LogP contribution in [-0.2, 0) is 0 Å². The first-order valence-corrected chi connectivity index (χ1v) is 3.68. The molecule has 0 aromatic carbocycles. The summed E-state index contributed by atoms with van der Waals surface area (Å²) in [5.41, 5.74) is 0. The van der Waals surface area contributed by atoms with E-state index in [2.05, 4.69) is 31.0 Å². The molecule has 0 fully saturated rings. The van der Waals surface area contributed by atoms with Crippen LogP contribution in [0, 0.1) is 0 Å². The van der Waals surface area contributed by atoms with Gasteiger partial charge in [0.05, 0.1) is 0 Å². The number of rotatable bonds is 2. The summed E-state index contributed by atoms with van der Waals surface area (Å²) in [5, 5.41) is 0.611. The Hall–Kier alpha value is 0.217. The summed E-state index contributed by atoms with van der Waals surface area (Å²) in [4.78, 5) is 0. The molecule has 0 amide bonds. The third kappa shape index (κ3) is 2.86. The first kappa shape index (κ1) is 7.22.